The third-order valence-electron chi connectivity index (χ3n) is 2.30. The minimum absolute atomic E-state index is 0.138. The van der Waals surface area contributed by atoms with Gasteiger partial charge in [-0.25, -0.2) is 8.78 Å². The summed E-state index contributed by atoms with van der Waals surface area (Å²) in [5.41, 5.74) is 4.83. The van der Waals surface area contributed by atoms with E-state index in [0.29, 0.717) is 0 Å². The van der Waals surface area contributed by atoms with Crippen LogP contribution >= 0.6 is 0 Å². The summed E-state index contributed by atoms with van der Waals surface area (Å²) in [5, 5.41) is 8.80. The number of hydrogen-bond donors (Lipinski definition) is 2. The summed E-state index contributed by atoms with van der Waals surface area (Å²) in [7, 11) is 0. The second-order valence-corrected chi connectivity index (χ2v) is 3.55. The van der Waals surface area contributed by atoms with Gasteiger partial charge in [0.1, 0.15) is 17.3 Å². The number of hydrogen-bond acceptors (Lipinski definition) is 3. The zero-order valence-electron chi connectivity index (χ0n) is 9.41. The van der Waals surface area contributed by atoms with Crippen LogP contribution < -0.4 is 10.6 Å². The van der Waals surface area contributed by atoms with Gasteiger partial charge in [-0.3, -0.25) is 4.79 Å². The van der Waals surface area contributed by atoms with E-state index in [1.807, 2.05) is 0 Å². The molecule has 0 radical (unpaired) electrons. The zero-order chi connectivity index (χ0) is 13.0. The molecule has 17 heavy (non-hydrogen) atoms. The number of aliphatic hydroxyl groups is 1. The molecule has 1 rings (SSSR count). The molecule has 0 atom stereocenters. The molecule has 1 aromatic carbocycles. The van der Waals surface area contributed by atoms with Gasteiger partial charge in [0.15, 0.2) is 0 Å². The average Bonchev–Trinajstić information content (AvgIpc) is 2.25. The predicted octanol–water partition coefficient (Wildman–Crippen LogP) is 0.769. The van der Waals surface area contributed by atoms with Crippen molar-refractivity contribution < 1.29 is 18.7 Å². The lowest BCUT2D eigenvalue weighted by atomic mass is 10.1. The van der Waals surface area contributed by atoms with Crippen molar-refractivity contribution in [1.29, 1.82) is 0 Å². The number of carbonyl (C=O) groups is 1. The minimum atomic E-state index is -0.822. The molecule has 0 fully saturated rings. The molecule has 0 saturated carbocycles. The van der Waals surface area contributed by atoms with Crippen LogP contribution in [0.3, 0.4) is 0 Å². The van der Waals surface area contributed by atoms with E-state index in [1.54, 1.807) is 6.92 Å². The number of nitrogens with zero attached hydrogens (tertiary/aromatic N) is 1. The molecule has 0 aliphatic carbocycles. The largest absolute Gasteiger partial charge is 0.392 e. The van der Waals surface area contributed by atoms with E-state index in [1.165, 1.54) is 4.90 Å². The number of rotatable bonds is 5. The fourth-order valence-electron chi connectivity index (χ4n) is 1.55. The first-order valence-corrected chi connectivity index (χ1v) is 5.11. The van der Waals surface area contributed by atoms with Gasteiger partial charge in [0.2, 0.25) is 5.91 Å². The molecule has 3 N–H and O–H groups in total. The summed E-state index contributed by atoms with van der Waals surface area (Å²) < 4.78 is 27.3. The van der Waals surface area contributed by atoms with Gasteiger partial charge in [-0.05, 0) is 24.6 Å². The molecule has 0 aliphatic heterocycles. The molecule has 94 valence electrons. The maximum absolute atomic E-state index is 13.6. The van der Waals surface area contributed by atoms with Crippen molar-refractivity contribution in [2.75, 3.05) is 18.0 Å². The van der Waals surface area contributed by atoms with E-state index in [2.05, 4.69) is 0 Å². The summed E-state index contributed by atoms with van der Waals surface area (Å²) >= 11 is 0. The number of anilines is 1. The zero-order valence-corrected chi connectivity index (χ0v) is 9.41. The van der Waals surface area contributed by atoms with Gasteiger partial charge < -0.3 is 15.7 Å². The lowest BCUT2D eigenvalue weighted by Crippen LogP contribution is -2.34. The van der Waals surface area contributed by atoms with Crippen LogP contribution in [0.5, 0.6) is 0 Å². The lowest BCUT2D eigenvalue weighted by molar-refractivity contribution is -0.116. The number of primary amides is 1. The van der Waals surface area contributed by atoms with E-state index in [4.69, 9.17) is 10.8 Å². The van der Waals surface area contributed by atoms with E-state index < -0.39 is 24.1 Å². The van der Waals surface area contributed by atoms with Crippen LogP contribution in [0.4, 0.5) is 14.5 Å². The Morgan fingerprint density at radius 3 is 2.29 bits per heavy atom. The summed E-state index contributed by atoms with van der Waals surface area (Å²) in [6.45, 7) is 1.19. The first-order chi connectivity index (χ1) is 7.99. The first kappa shape index (κ1) is 13.4. The number of likely N-dealkylation sites (N-methyl/N-ethyl adjacent to an activating group) is 1. The van der Waals surface area contributed by atoms with Gasteiger partial charge in [0.05, 0.1) is 13.2 Å². The molecule has 0 unspecified atom stereocenters. The highest BCUT2D eigenvalue weighted by molar-refractivity contribution is 5.79. The molecule has 0 saturated heterocycles. The van der Waals surface area contributed by atoms with Crippen molar-refractivity contribution in [1.82, 2.24) is 0 Å². The third kappa shape index (κ3) is 3.13. The number of halogens is 2. The second kappa shape index (κ2) is 5.58. The van der Waals surface area contributed by atoms with Crippen molar-refractivity contribution in [2.24, 2.45) is 5.73 Å². The molecule has 4 nitrogen and oxygen atoms in total. The molecular formula is C11H14F2N2O2. The van der Waals surface area contributed by atoms with Crippen molar-refractivity contribution in [2.45, 2.75) is 13.5 Å². The van der Waals surface area contributed by atoms with Crippen LogP contribution in [-0.2, 0) is 11.4 Å². The SMILES string of the molecule is CCN(CC(N)=O)c1c(F)cc(CO)cc1F. The lowest BCUT2D eigenvalue weighted by Gasteiger charge is -2.22. The van der Waals surface area contributed by atoms with E-state index in [9.17, 15) is 13.6 Å². The summed E-state index contributed by atoms with van der Waals surface area (Å²) in [5.74, 6) is -2.31. The van der Waals surface area contributed by atoms with Crippen LogP contribution in [0.15, 0.2) is 12.1 Å². The topological polar surface area (TPSA) is 66.6 Å². The van der Waals surface area contributed by atoms with Crippen LogP contribution in [0.1, 0.15) is 12.5 Å². The van der Waals surface area contributed by atoms with E-state index in [-0.39, 0.29) is 24.3 Å². The average molecular weight is 244 g/mol. The number of nitrogens with two attached hydrogens (primary N) is 1. The second-order valence-electron chi connectivity index (χ2n) is 3.55. The Bertz CT molecular complexity index is 401. The van der Waals surface area contributed by atoms with E-state index >= 15 is 0 Å². The van der Waals surface area contributed by atoms with Gasteiger partial charge in [-0.1, -0.05) is 0 Å². The van der Waals surface area contributed by atoms with Gasteiger partial charge >= 0.3 is 0 Å². The van der Waals surface area contributed by atoms with Crippen LogP contribution in [0, 0.1) is 11.6 Å². The first-order valence-electron chi connectivity index (χ1n) is 5.11. The number of amides is 1. The van der Waals surface area contributed by atoms with Gasteiger partial charge in [0.25, 0.3) is 0 Å². The van der Waals surface area contributed by atoms with Gasteiger partial charge in [-0.15, -0.1) is 0 Å². The molecule has 0 aliphatic rings. The smallest absolute Gasteiger partial charge is 0.236 e. The summed E-state index contributed by atoms with van der Waals surface area (Å²) in [6.07, 6.45) is 0. The van der Waals surface area contributed by atoms with Crippen LogP contribution in [-0.4, -0.2) is 24.1 Å². The van der Waals surface area contributed by atoms with Crippen molar-refractivity contribution in [3.8, 4) is 0 Å². The minimum Gasteiger partial charge on any atom is -0.392 e. The van der Waals surface area contributed by atoms with Gasteiger partial charge in [0, 0.05) is 6.54 Å². The summed E-state index contributed by atoms with van der Waals surface area (Å²) in [6, 6.07) is 2.06. The van der Waals surface area contributed by atoms with Gasteiger partial charge in [-0.2, -0.15) is 0 Å². The Hall–Kier alpha value is -1.69. The van der Waals surface area contributed by atoms with Crippen LogP contribution in [0.2, 0.25) is 0 Å². The maximum Gasteiger partial charge on any atom is 0.236 e. The fraction of sp³-hybridized carbons (Fsp3) is 0.364. The molecule has 6 heteroatoms. The highest BCUT2D eigenvalue weighted by Crippen LogP contribution is 2.24. The predicted molar refractivity (Wildman–Crippen MR) is 59.4 cm³/mol. The van der Waals surface area contributed by atoms with Crippen LogP contribution in [0.25, 0.3) is 0 Å². The highest BCUT2D eigenvalue weighted by Gasteiger charge is 2.18. The summed E-state index contributed by atoms with van der Waals surface area (Å²) in [4.78, 5) is 12.0. The normalized spacial score (nSPS) is 10.4. The monoisotopic (exact) mass is 244 g/mol. The Kier molecular flexibility index (Phi) is 4.39. The molecule has 0 aromatic heterocycles. The van der Waals surface area contributed by atoms with Crippen molar-refractivity contribution in [3.63, 3.8) is 0 Å². The number of benzene rings is 1. The highest BCUT2D eigenvalue weighted by atomic mass is 19.1. The molecule has 1 amide bonds. The Labute approximate surface area is 97.6 Å². The molecule has 0 bridgehead atoms. The molecule has 0 spiro atoms. The fourth-order valence-corrected chi connectivity index (χ4v) is 1.55. The Morgan fingerprint density at radius 2 is 1.94 bits per heavy atom. The molecular weight excluding hydrogens is 230 g/mol. The van der Waals surface area contributed by atoms with Crippen molar-refractivity contribution in [3.05, 3.63) is 29.3 Å². The number of aliphatic hydroxyl groups excluding tert-OH is 1. The Balaban J connectivity index is 3.15. The molecule has 1 aromatic rings. The van der Waals surface area contributed by atoms with Crippen molar-refractivity contribution >= 4 is 11.6 Å². The number of carbonyl (C=O) groups excluding carboxylic acids is 1. The quantitative estimate of drug-likeness (QED) is 0.804. The third-order valence-corrected chi connectivity index (χ3v) is 2.30. The maximum atomic E-state index is 13.6. The Morgan fingerprint density at radius 1 is 1.41 bits per heavy atom. The molecule has 0 heterocycles. The van der Waals surface area contributed by atoms with E-state index in [0.717, 1.165) is 12.1 Å². The standard InChI is InChI=1S/C11H14F2N2O2/c1-2-15(5-10(14)17)11-8(12)3-7(6-16)4-9(11)13/h3-4,16H,2,5-6H2,1H3,(H2,14,17).